The first kappa shape index (κ1) is 17.4. The van der Waals surface area contributed by atoms with Crippen molar-refractivity contribution in [1.82, 2.24) is 0 Å². The summed E-state index contributed by atoms with van der Waals surface area (Å²) in [6.07, 6.45) is 3.32. The standard InChI is InChI=1S/C22H20N2O2/c25-21-12-6-4-10-18(21)14-23-16-20(17-8-2-1-3-9-17)24-15-19-11-5-7-13-22(19)26/h1-15,20,25-26H,16H2. The number of aliphatic imine (C=N–C) groups is 2. The summed E-state index contributed by atoms with van der Waals surface area (Å²) in [5, 5.41) is 19.7. The first-order chi connectivity index (χ1) is 12.7. The second-order valence-electron chi connectivity index (χ2n) is 5.82. The lowest BCUT2D eigenvalue weighted by atomic mass is 10.1. The van der Waals surface area contributed by atoms with Crippen molar-refractivity contribution in [3.63, 3.8) is 0 Å². The zero-order valence-corrected chi connectivity index (χ0v) is 14.2. The van der Waals surface area contributed by atoms with E-state index in [4.69, 9.17) is 0 Å². The maximum Gasteiger partial charge on any atom is 0.124 e. The number of rotatable bonds is 6. The van der Waals surface area contributed by atoms with Crippen molar-refractivity contribution < 1.29 is 10.2 Å². The number of phenols is 2. The minimum atomic E-state index is -0.182. The molecule has 1 atom stereocenters. The molecule has 26 heavy (non-hydrogen) atoms. The third-order valence-electron chi connectivity index (χ3n) is 3.96. The van der Waals surface area contributed by atoms with Crippen LogP contribution in [0.1, 0.15) is 22.7 Å². The number of hydrogen-bond donors (Lipinski definition) is 2. The van der Waals surface area contributed by atoms with Crippen LogP contribution in [-0.4, -0.2) is 29.2 Å². The van der Waals surface area contributed by atoms with E-state index in [1.165, 1.54) is 0 Å². The van der Waals surface area contributed by atoms with E-state index in [0.29, 0.717) is 17.7 Å². The van der Waals surface area contributed by atoms with Crippen LogP contribution in [0.4, 0.5) is 0 Å². The Hall–Kier alpha value is -3.40. The van der Waals surface area contributed by atoms with Crippen LogP contribution in [0.15, 0.2) is 88.8 Å². The molecule has 2 N–H and O–H groups in total. The van der Waals surface area contributed by atoms with E-state index < -0.39 is 0 Å². The maximum atomic E-state index is 9.90. The highest BCUT2D eigenvalue weighted by atomic mass is 16.3. The van der Waals surface area contributed by atoms with Crippen LogP contribution in [0.5, 0.6) is 11.5 Å². The summed E-state index contributed by atoms with van der Waals surface area (Å²) < 4.78 is 0. The molecule has 0 aromatic heterocycles. The van der Waals surface area contributed by atoms with Crippen LogP contribution < -0.4 is 0 Å². The molecule has 0 saturated carbocycles. The molecule has 0 saturated heterocycles. The fraction of sp³-hybridized carbons (Fsp3) is 0.0909. The fourth-order valence-electron chi connectivity index (χ4n) is 2.53. The Morgan fingerprint density at radius 3 is 1.85 bits per heavy atom. The molecule has 0 amide bonds. The van der Waals surface area contributed by atoms with E-state index in [1.54, 1.807) is 36.7 Å². The van der Waals surface area contributed by atoms with E-state index >= 15 is 0 Å². The number of para-hydroxylation sites is 2. The molecule has 3 rings (SSSR count). The van der Waals surface area contributed by atoms with Crippen molar-refractivity contribution in [2.75, 3.05) is 6.54 Å². The second kappa shape index (κ2) is 8.62. The van der Waals surface area contributed by atoms with Gasteiger partial charge in [-0.1, -0.05) is 54.6 Å². The second-order valence-corrected chi connectivity index (χ2v) is 5.82. The van der Waals surface area contributed by atoms with Crippen LogP contribution in [-0.2, 0) is 0 Å². The first-order valence-corrected chi connectivity index (χ1v) is 8.38. The summed E-state index contributed by atoms with van der Waals surface area (Å²) >= 11 is 0. The van der Waals surface area contributed by atoms with Gasteiger partial charge in [-0.3, -0.25) is 9.98 Å². The smallest absolute Gasteiger partial charge is 0.124 e. The van der Waals surface area contributed by atoms with E-state index in [-0.39, 0.29) is 17.5 Å². The number of nitrogens with zero attached hydrogens (tertiary/aromatic N) is 2. The molecule has 0 aliphatic heterocycles. The molecule has 1 unspecified atom stereocenters. The molecule has 0 heterocycles. The lowest BCUT2D eigenvalue weighted by Gasteiger charge is -2.10. The number of benzene rings is 3. The van der Waals surface area contributed by atoms with Gasteiger partial charge in [0.1, 0.15) is 11.5 Å². The van der Waals surface area contributed by atoms with Gasteiger partial charge in [0.05, 0.1) is 12.6 Å². The van der Waals surface area contributed by atoms with Crippen molar-refractivity contribution >= 4 is 12.4 Å². The number of phenolic OH excluding ortho intramolecular Hbond substituents is 2. The molecule has 0 fully saturated rings. The lowest BCUT2D eigenvalue weighted by molar-refractivity contribution is 0.474. The van der Waals surface area contributed by atoms with Crippen molar-refractivity contribution in [2.24, 2.45) is 9.98 Å². The quantitative estimate of drug-likeness (QED) is 0.652. The Morgan fingerprint density at radius 1 is 0.692 bits per heavy atom. The van der Waals surface area contributed by atoms with Crippen LogP contribution in [0.2, 0.25) is 0 Å². The van der Waals surface area contributed by atoms with Gasteiger partial charge in [-0.2, -0.15) is 0 Å². The largest absolute Gasteiger partial charge is 0.507 e. The van der Waals surface area contributed by atoms with E-state index in [2.05, 4.69) is 9.98 Å². The topological polar surface area (TPSA) is 65.2 Å². The van der Waals surface area contributed by atoms with Gasteiger partial charge in [0.25, 0.3) is 0 Å². The van der Waals surface area contributed by atoms with Crippen LogP contribution in [0.25, 0.3) is 0 Å². The van der Waals surface area contributed by atoms with Gasteiger partial charge in [0.15, 0.2) is 0 Å². The average Bonchev–Trinajstić information content (AvgIpc) is 2.68. The predicted molar refractivity (Wildman–Crippen MR) is 105 cm³/mol. The zero-order chi connectivity index (χ0) is 18.2. The van der Waals surface area contributed by atoms with Gasteiger partial charge < -0.3 is 10.2 Å². The van der Waals surface area contributed by atoms with E-state index in [0.717, 1.165) is 5.56 Å². The zero-order valence-electron chi connectivity index (χ0n) is 14.2. The van der Waals surface area contributed by atoms with Gasteiger partial charge in [0, 0.05) is 23.6 Å². The molecule has 0 spiro atoms. The Morgan fingerprint density at radius 2 is 1.23 bits per heavy atom. The Kier molecular flexibility index (Phi) is 5.78. The summed E-state index contributed by atoms with van der Waals surface area (Å²) in [4.78, 5) is 9.07. The summed E-state index contributed by atoms with van der Waals surface area (Å²) in [6.45, 7) is 0.433. The summed E-state index contributed by atoms with van der Waals surface area (Å²) in [6, 6.07) is 23.8. The number of aromatic hydroxyl groups is 2. The van der Waals surface area contributed by atoms with Gasteiger partial charge in [0.2, 0.25) is 0 Å². The maximum absolute atomic E-state index is 9.90. The van der Waals surface area contributed by atoms with E-state index in [9.17, 15) is 10.2 Å². The van der Waals surface area contributed by atoms with Gasteiger partial charge >= 0.3 is 0 Å². The van der Waals surface area contributed by atoms with Gasteiger partial charge in [-0.25, -0.2) is 0 Å². The Labute approximate surface area is 152 Å². The molecule has 0 aliphatic carbocycles. The van der Waals surface area contributed by atoms with E-state index in [1.807, 2.05) is 54.6 Å². The normalized spacial score (nSPS) is 12.6. The minimum Gasteiger partial charge on any atom is -0.507 e. The summed E-state index contributed by atoms with van der Waals surface area (Å²) in [5.74, 6) is 0.394. The molecule has 0 aliphatic rings. The molecular formula is C22H20N2O2. The monoisotopic (exact) mass is 344 g/mol. The van der Waals surface area contributed by atoms with Crippen LogP contribution in [0.3, 0.4) is 0 Å². The minimum absolute atomic E-state index is 0.182. The third kappa shape index (κ3) is 4.57. The average molecular weight is 344 g/mol. The molecule has 3 aromatic rings. The van der Waals surface area contributed by atoms with Crippen molar-refractivity contribution in [3.8, 4) is 11.5 Å². The molecular weight excluding hydrogens is 324 g/mol. The molecule has 0 radical (unpaired) electrons. The SMILES string of the molecule is Oc1ccccc1C=NCC(N=Cc1ccccc1O)c1ccccc1. The van der Waals surface area contributed by atoms with Crippen LogP contribution >= 0.6 is 0 Å². The van der Waals surface area contributed by atoms with Gasteiger partial charge in [-0.05, 0) is 29.8 Å². The Balaban J connectivity index is 1.80. The molecule has 3 aromatic carbocycles. The van der Waals surface area contributed by atoms with Gasteiger partial charge in [-0.15, -0.1) is 0 Å². The fourth-order valence-corrected chi connectivity index (χ4v) is 2.53. The highest BCUT2D eigenvalue weighted by molar-refractivity contribution is 5.84. The molecule has 4 nitrogen and oxygen atoms in total. The highest BCUT2D eigenvalue weighted by Gasteiger charge is 2.08. The predicted octanol–water partition coefficient (Wildman–Crippen LogP) is 4.38. The molecule has 0 bridgehead atoms. The van der Waals surface area contributed by atoms with Crippen molar-refractivity contribution in [2.45, 2.75) is 6.04 Å². The van der Waals surface area contributed by atoms with Crippen LogP contribution in [0, 0.1) is 0 Å². The highest BCUT2D eigenvalue weighted by Crippen LogP contribution is 2.20. The first-order valence-electron chi connectivity index (χ1n) is 8.38. The summed E-state index contributed by atoms with van der Waals surface area (Å²) in [7, 11) is 0. The molecule has 4 heteroatoms. The van der Waals surface area contributed by atoms with Crippen molar-refractivity contribution in [3.05, 3.63) is 95.6 Å². The summed E-state index contributed by atoms with van der Waals surface area (Å²) in [5.41, 5.74) is 2.37. The van der Waals surface area contributed by atoms with Crippen molar-refractivity contribution in [1.29, 1.82) is 0 Å². The Bertz CT molecular complexity index is 905. The third-order valence-corrected chi connectivity index (χ3v) is 3.96. The lowest BCUT2D eigenvalue weighted by Crippen LogP contribution is -2.01. The number of hydrogen-bond acceptors (Lipinski definition) is 4. The molecule has 130 valence electrons.